The topological polar surface area (TPSA) is 58.6 Å². The zero-order valence-corrected chi connectivity index (χ0v) is 12.3. The minimum absolute atomic E-state index is 0.133. The predicted molar refractivity (Wildman–Crippen MR) is 81.7 cm³/mol. The summed E-state index contributed by atoms with van der Waals surface area (Å²) in [6.07, 6.45) is -0.771. The molecule has 110 valence electrons. The standard InChI is InChI=1S/C16H16ClNO3/c1-21-14-8-4-11(5-9-14)15(19)10-18-16(20)12-2-6-13(17)7-3-12/h2-9,15,19H,10H2,1H3,(H,18,20). The third-order valence-electron chi connectivity index (χ3n) is 3.06. The van der Waals surface area contributed by atoms with Crippen LogP contribution in [0, 0.1) is 0 Å². The van der Waals surface area contributed by atoms with Crippen molar-refractivity contribution in [3.05, 3.63) is 64.7 Å². The maximum atomic E-state index is 11.9. The van der Waals surface area contributed by atoms with E-state index < -0.39 is 6.10 Å². The number of carbonyl (C=O) groups excluding carboxylic acids is 1. The van der Waals surface area contributed by atoms with Crippen molar-refractivity contribution in [3.63, 3.8) is 0 Å². The lowest BCUT2D eigenvalue weighted by molar-refractivity contribution is 0.0916. The number of halogens is 1. The molecule has 2 aromatic carbocycles. The highest BCUT2D eigenvalue weighted by molar-refractivity contribution is 6.30. The van der Waals surface area contributed by atoms with Gasteiger partial charge in [0.15, 0.2) is 0 Å². The second-order valence-electron chi connectivity index (χ2n) is 4.51. The summed E-state index contributed by atoms with van der Waals surface area (Å²) >= 11 is 5.77. The summed E-state index contributed by atoms with van der Waals surface area (Å²) in [7, 11) is 1.58. The minimum atomic E-state index is -0.771. The number of rotatable bonds is 5. The van der Waals surface area contributed by atoms with E-state index in [1.165, 1.54) is 0 Å². The Hall–Kier alpha value is -2.04. The fourth-order valence-corrected chi connectivity index (χ4v) is 1.96. The lowest BCUT2D eigenvalue weighted by Crippen LogP contribution is -2.28. The predicted octanol–water partition coefficient (Wildman–Crippen LogP) is 2.81. The highest BCUT2D eigenvalue weighted by atomic mass is 35.5. The number of hydrogen-bond donors (Lipinski definition) is 2. The Morgan fingerprint density at radius 1 is 1.19 bits per heavy atom. The van der Waals surface area contributed by atoms with Gasteiger partial charge in [-0.25, -0.2) is 0 Å². The fourth-order valence-electron chi connectivity index (χ4n) is 1.84. The summed E-state index contributed by atoms with van der Waals surface area (Å²) in [6.45, 7) is 0.133. The summed E-state index contributed by atoms with van der Waals surface area (Å²) in [5, 5.41) is 13.3. The molecule has 0 aliphatic heterocycles. The van der Waals surface area contributed by atoms with Gasteiger partial charge in [-0.2, -0.15) is 0 Å². The number of benzene rings is 2. The van der Waals surface area contributed by atoms with Crippen LogP contribution in [-0.4, -0.2) is 24.7 Å². The number of methoxy groups -OCH3 is 1. The van der Waals surface area contributed by atoms with E-state index in [0.29, 0.717) is 16.1 Å². The molecule has 4 nitrogen and oxygen atoms in total. The van der Waals surface area contributed by atoms with Gasteiger partial charge in [-0.15, -0.1) is 0 Å². The number of nitrogens with one attached hydrogen (secondary N) is 1. The fraction of sp³-hybridized carbons (Fsp3) is 0.188. The third-order valence-corrected chi connectivity index (χ3v) is 3.31. The summed E-state index contributed by atoms with van der Waals surface area (Å²) in [4.78, 5) is 11.9. The molecule has 0 aliphatic carbocycles. The highest BCUT2D eigenvalue weighted by Gasteiger charge is 2.11. The maximum absolute atomic E-state index is 11.9. The normalized spacial score (nSPS) is 11.8. The van der Waals surface area contributed by atoms with Crippen LogP contribution in [0.25, 0.3) is 0 Å². The van der Waals surface area contributed by atoms with E-state index in [1.807, 2.05) is 0 Å². The minimum Gasteiger partial charge on any atom is -0.497 e. The van der Waals surface area contributed by atoms with Gasteiger partial charge in [-0.3, -0.25) is 4.79 Å². The SMILES string of the molecule is COc1ccc(C(O)CNC(=O)c2ccc(Cl)cc2)cc1. The van der Waals surface area contributed by atoms with Gasteiger partial charge in [-0.1, -0.05) is 23.7 Å². The van der Waals surface area contributed by atoms with Gasteiger partial charge in [0, 0.05) is 17.1 Å². The van der Waals surface area contributed by atoms with Crippen molar-refractivity contribution in [1.82, 2.24) is 5.32 Å². The molecule has 0 heterocycles. The van der Waals surface area contributed by atoms with E-state index in [0.717, 1.165) is 5.75 Å². The number of hydrogen-bond acceptors (Lipinski definition) is 3. The molecule has 2 N–H and O–H groups in total. The van der Waals surface area contributed by atoms with Crippen LogP contribution in [0.4, 0.5) is 0 Å². The molecule has 5 heteroatoms. The van der Waals surface area contributed by atoms with E-state index in [-0.39, 0.29) is 12.5 Å². The summed E-state index contributed by atoms with van der Waals surface area (Å²) < 4.78 is 5.05. The molecule has 0 spiro atoms. The van der Waals surface area contributed by atoms with Crippen molar-refractivity contribution in [3.8, 4) is 5.75 Å². The summed E-state index contributed by atoms with van der Waals surface area (Å²) in [5.41, 5.74) is 1.22. The highest BCUT2D eigenvalue weighted by Crippen LogP contribution is 2.17. The number of aliphatic hydroxyl groups excluding tert-OH is 1. The molecule has 0 bridgehead atoms. The molecule has 1 amide bonds. The molecular formula is C16H16ClNO3. The zero-order chi connectivity index (χ0) is 15.2. The summed E-state index contributed by atoms with van der Waals surface area (Å²) in [5.74, 6) is 0.468. The van der Waals surface area contributed by atoms with Crippen LogP contribution < -0.4 is 10.1 Å². The molecule has 0 fully saturated rings. The van der Waals surface area contributed by atoms with Crippen LogP contribution in [0.15, 0.2) is 48.5 Å². The van der Waals surface area contributed by atoms with Gasteiger partial charge in [-0.05, 0) is 42.0 Å². The van der Waals surface area contributed by atoms with E-state index in [4.69, 9.17) is 16.3 Å². The van der Waals surface area contributed by atoms with Crippen LogP contribution in [0.5, 0.6) is 5.75 Å². The lowest BCUT2D eigenvalue weighted by atomic mass is 10.1. The first-order valence-corrected chi connectivity index (χ1v) is 6.83. The van der Waals surface area contributed by atoms with Crippen molar-refractivity contribution in [1.29, 1.82) is 0 Å². The molecule has 0 saturated carbocycles. The van der Waals surface area contributed by atoms with Crippen molar-refractivity contribution in [2.75, 3.05) is 13.7 Å². The average molecular weight is 306 g/mol. The van der Waals surface area contributed by atoms with Gasteiger partial charge in [0.25, 0.3) is 5.91 Å². The Kier molecular flexibility index (Phi) is 5.20. The van der Waals surface area contributed by atoms with E-state index in [9.17, 15) is 9.90 Å². The smallest absolute Gasteiger partial charge is 0.251 e. The Labute approximate surface area is 128 Å². The first kappa shape index (κ1) is 15.4. The van der Waals surface area contributed by atoms with E-state index in [1.54, 1.807) is 55.6 Å². The van der Waals surface area contributed by atoms with Crippen molar-refractivity contribution in [2.24, 2.45) is 0 Å². The third kappa shape index (κ3) is 4.21. The molecule has 0 saturated heterocycles. The number of aliphatic hydroxyl groups is 1. The molecule has 0 aromatic heterocycles. The van der Waals surface area contributed by atoms with Crippen molar-refractivity contribution >= 4 is 17.5 Å². The van der Waals surface area contributed by atoms with Crippen LogP contribution >= 0.6 is 11.6 Å². The zero-order valence-electron chi connectivity index (χ0n) is 11.5. The second kappa shape index (κ2) is 7.11. The molecule has 1 atom stereocenters. The quantitative estimate of drug-likeness (QED) is 0.893. The van der Waals surface area contributed by atoms with Gasteiger partial charge >= 0.3 is 0 Å². The maximum Gasteiger partial charge on any atom is 0.251 e. The Morgan fingerprint density at radius 2 is 1.81 bits per heavy atom. The number of carbonyl (C=O) groups is 1. The Balaban J connectivity index is 1.92. The molecular weight excluding hydrogens is 290 g/mol. The van der Waals surface area contributed by atoms with E-state index >= 15 is 0 Å². The van der Waals surface area contributed by atoms with Crippen molar-refractivity contribution in [2.45, 2.75) is 6.10 Å². The molecule has 2 rings (SSSR count). The van der Waals surface area contributed by atoms with Crippen LogP contribution in [-0.2, 0) is 0 Å². The molecule has 1 unspecified atom stereocenters. The van der Waals surface area contributed by atoms with Gasteiger partial charge in [0.1, 0.15) is 5.75 Å². The number of ether oxygens (including phenoxy) is 1. The van der Waals surface area contributed by atoms with Gasteiger partial charge in [0.05, 0.1) is 13.2 Å². The molecule has 2 aromatic rings. The molecule has 21 heavy (non-hydrogen) atoms. The van der Waals surface area contributed by atoms with Crippen LogP contribution in [0.2, 0.25) is 5.02 Å². The Bertz CT molecular complexity index is 596. The monoisotopic (exact) mass is 305 g/mol. The average Bonchev–Trinajstić information content (AvgIpc) is 2.53. The lowest BCUT2D eigenvalue weighted by Gasteiger charge is -2.13. The first-order valence-electron chi connectivity index (χ1n) is 6.46. The van der Waals surface area contributed by atoms with Crippen molar-refractivity contribution < 1.29 is 14.6 Å². The van der Waals surface area contributed by atoms with Crippen LogP contribution in [0.3, 0.4) is 0 Å². The summed E-state index contributed by atoms with van der Waals surface area (Å²) in [6, 6.07) is 13.6. The van der Waals surface area contributed by atoms with Crippen LogP contribution in [0.1, 0.15) is 22.0 Å². The number of amides is 1. The van der Waals surface area contributed by atoms with E-state index in [2.05, 4.69) is 5.32 Å². The largest absolute Gasteiger partial charge is 0.497 e. The molecule has 0 aliphatic rings. The van der Waals surface area contributed by atoms with Gasteiger partial charge < -0.3 is 15.2 Å². The first-order chi connectivity index (χ1) is 10.1. The molecule has 0 radical (unpaired) electrons. The second-order valence-corrected chi connectivity index (χ2v) is 4.94. The Morgan fingerprint density at radius 3 is 2.38 bits per heavy atom. The van der Waals surface area contributed by atoms with Gasteiger partial charge in [0.2, 0.25) is 0 Å².